The minimum Gasteiger partial charge on any atom is -0.332 e. The van der Waals surface area contributed by atoms with Crippen LogP contribution < -0.4 is 10.2 Å². The van der Waals surface area contributed by atoms with Crippen LogP contribution in [0.5, 0.6) is 0 Å². The predicted molar refractivity (Wildman–Crippen MR) is 109 cm³/mol. The number of anilines is 2. The fourth-order valence-corrected chi connectivity index (χ4v) is 3.21. The van der Waals surface area contributed by atoms with Gasteiger partial charge in [-0.25, -0.2) is 0 Å². The first-order valence-electron chi connectivity index (χ1n) is 9.46. The maximum absolute atomic E-state index is 12.6. The second kappa shape index (κ2) is 8.69. The van der Waals surface area contributed by atoms with Gasteiger partial charge in [0.2, 0.25) is 11.8 Å². The molecular formula is C22H25N3O3. The molecule has 0 spiro atoms. The van der Waals surface area contributed by atoms with Crippen molar-refractivity contribution in [2.75, 3.05) is 30.4 Å². The van der Waals surface area contributed by atoms with Gasteiger partial charge < -0.3 is 15.1 Å². The van der Waals surface area contributed by atoms with Crippen molar-refractivity contribution in [1.82, 2.24) is 4.90 Å². The number of carbonyl (C=O) groups excluding carboxylic acids is 3. The Morgan fingerprint density at radius 1 is 1.04 bits per heavy atom. The average Bonchev–Trinajstić information content (AvgIpc) is 2.69. The summed E-state index contributed by atoms with van der Waals surface area (Å²) in [6.45, 7) is 2.65. The van der Waals surface area contributed by atoms with E-state index < -0.39 is 0 Å². The van der Waals surface area contributed by atoms with Crippen LogP contribution in [0.15, 0.2) is 48.5 Å². The Balaban J connectivity index is 1.58. The molecule has 28 heavy (non-hydrogen) atoms. The average molecular weight is 379 g/mol. The van der Waals surface area contributed by atoms with E-state index in [1.54, 1.807) is 36.2 Å². The van der Waals surface area contributed by atoms with Crippen molar-refractivity contribution in [3.63, 3.8) is 0 Å². The summed E-state index contributed by atoms with van der Waals surface area (Å²) in [6.07, 6.45) is 2.49. The van der Waals surface area contributed by atoms with Crippen molar-refractivity contribution in [2.45, 2.75) is 26.2 Å². The molecule has 0 radical (unpaired) electrons. The van der Waals surface area contributed by atoms with Gasteiger partial charge in [-0.15, -0.1) is 0 Å². The highest BCUT2D eigenvalue weighted by Gasteiger charge is 2.20. The quantitative estimate of drug-likeness (QED) is 0.867. The molecule has 1 aliphatic rings. The van der Waals surface area contributed by atoms with Crippen molar-refractivity contribution in [3.05, 3.63) is 59.7 Å². The molecule has 1 saturated heterocycles. The lowest BCUT2D eigenvalue weighted by atomic mass is 10.1. The molecule has 0 saturated carbocycles. The zero-order chi connectivity index (χ0) is 20.1. The molecule has 1 N–H and O–H groups in total. The number of likely N-dealkylation sites (N-methyl/N-ethyl adjacent to an activating group) is 1. The highest BCUT2D eigenvalue weighted by Crippen LogP contribution is 2.21. The Hall–Kier alpha value is -3.15. The second-order valence-electron chi connectivity index (χ2n) is 7.12. The second-order valence-corrected chi connectivity index (χ2v) is 7.12. The van der Waals surface area contributed by atoms with Crippen molar-refractivity contribution in [2.24, 2.45) is 0 Å². The number of nitrogens with zero attached hydrogens (tertiary/aromatic N) is 2. The van der Waals surface area contributed by atoms with E-state index in [4.69, 9.17) is 0 Å². The third-order valence-corrected chi connectivity index (χ3v) is 4.81. The summed E-state index contributed by atoms with van der Waals surface area (Å²) < 4.78 is 0. The number of hydrogen-bond acceptors (Lipinski definition) is 3. The standard InChI is InChI=1S/C22H25N3O3/c1-16-6-10-18(11-7-16)23-20(26)15-24(2)22(28)17-8-12-19(13-9-17)25-14-4-3-5-21(25)27/h6-13H,3-5,14-15H2,1-2H3,(H,23,26). The lowest BCUT2D eigenvalue weighted by molar-refractivity contribution is -0.119. The number of hydrogen-bond donors (Lipinski definition) is 1. The lowest BCUT2D eigenvalue weighted by Crippen LogP contribution is -2.36. The molecule has 1 aliphatic heterocycles. The third-order valence-electron chi connectivity index (χ3n) is 4.81. The summed E-state index contributed by atoms with van der Waals surface area (Å²) in [4.78, 5) is 39.9. The van der Waals surface area contributed by atoms with E-state index in [1.165, 1.54) is 4.90 Å². The lowest BCUT2D eigenvalue weighted by Gasteiger charge is -2.27. The fourth-order valence-electron chi connectivity index (χ4n) is 3.21. The van der Waals surface area contributed by atoms with Crippen LogP contribution in [0, 0.1) is 6.92 Å². The molecule has 1 heterocycles. The number of carbonyl (C=O) groups is 3. The zero-order valence-electron chi connectivity index (χ0n) is 16.3. The van der Waals surface area contributed by atoms with Gasteiger partial charge in [-0.1, -0.05) is 17.7 Å². The van der Waals surface area contributed by atoms with Gasteiger partial charge in [-0.3, -0.25) is 14.4 Å². The van der Waals surface area contributed by atoms with Crippen LogP contribution in [0.1, 0.15) is 35.2 Å². The molecule has 3 amide bonds. The van der Waals surface area contributed by atoms with Gasteiger partial charge in [0.05, 0.1) is 6.54 Å². The van der Waals surface area contributed by atoms with Gasteiger partial charge in [-0.05, 0) is 56.2 Å². The minimum atomic E-state index is -0.254. The molecule has 0 bridgehead atoms. The van der Waals surface area contributed by atoms with E-state index >= 15 is 0 Å². The Labute approximate surface area is 165 Å². The van der Waals surface area contributed by atoms with Crippen LogP contribution in [-0.4, -0.2) is 42.8 Å². The number of aryl methyl sites for hydroxylation is 1. The Morgan fingerprint density at radius 3 is 2.36 bits per heavy atom. The van der Waals surface area contributed by atoms with Crippen LogP contribution in [0.25, 0.3) is 0 Å². The van der Waals surface area contributed by atoms with Crippen LogP contribution in [0.4, 0.5) is 11.4 Å². The molecule has 1 fully saturated rings. The normalized spacial score (nSPS) is 13.9. The molecule has 3 rings (SSSR count). The van der Waals surface area contributed by atoms with Crippen molar-refractivity contribution >= 4 is 29.1 Å². The predicted octanol–water partition coefficient (Wildman–Crippen LogP) is 3.22. The molecular weight excluding hydrogens is 354 g/mol. The molecule has 2 aromatic rings. The molecule has 146 valence electrons. The summed E-state index contributed by atoms with van der Waals surface area (Å²) in [5, 5.41) is 2.79. The minimum absolute atomic E-state index is 0.0426. The maximum Gasteiger partial charge on any atom is 0.254 e. The molecule has 0 aromatic heterocycles. The molecule has 6 heteroatoms. The van der Waals surface area contributed by atoms with Gasteiger partial charge in [0, 0.05) is 37.0 Å². The van der Waals surface area contributed by atoms with Crippen LogP contribution in [0.2, 0.25) is 0 Å². The van der Waals surface area contributed by atoms with Gasteiger partial charge >= 0.3 is 0 Å². The van der Waals surface area contributed by atoms with Crippen LogP contribution in [0.3, 0.4) is 0 Å². The SMILES string of the molecule is Cc1ccc(NC(=O)CN(C)C(=O)c2ccc(N3CCCCC3=O)cc2)cc1. The third kappa shape index (κ3) is 4.76. The molecule has 6 nitrogen and oxygen atoms in total. The van der Waals surface area contributed by atoms with Crippen molar-refractivity contribution in [1.29, 1.82) is 0 Å². The summed E-state index contributed by atoms with van der Waals surface area (Å²) in [7, 11) is 1.60. The van der Waals surface area contributed by atoms with E-state index in [0.717, 1.165) is 24.1 Å². The number of nitrogens with one attached hydrogen (secondary N) is 1. The first-order chi connectivity index (χ1) is 13.4. The Morgan fingerprint density at radius 2 is 1.71 bits per heavy atom. The van der Waals surface area contributed by atoms with E-state index in [2.05, 4.69) is 5.32 Å². The molecule has 0 unspecified atom stereocenters. The van der Waals surface area contributed by atoms with Crippen LogP contribution in [-0.2, 0) is 9.59 Å². The largest absolute Gasteiger partial charge is 0.332 e. The Bertz CT molecular complexity index is 860. The molecule has 0 aliphatic carbocycles. The topological polar surface area (TPSA) is 69.7 Å². The monoisotopic (exact) mass is 379 g/mol. The maximum atomic E-state index is 12.6. The first kappa shape index (κ1) is 19.6. The van der Waals surface area contributed by atoms with Crippen molar-refractivity contribution < 1.29 is 14.4 Å². The fraction of sp³-hybridized carbons (Fsp3) is 0.318. The smallest absolute Gasteiger partial charge is 0.254 e. The zero-order valence-corrected chi connectivity index (χ0v) is 16.3. The van der Waals surface area contributed by atoms with E-state index in [9.17, 15) is 14.4 Å². The summed E-state index contributed by atoms with van der Waals surface area (Å²) in [5.74, 6) is -0.374. The van der Waals surface area contributed by atoms with E-state index in [-0.39, 0.29) is 24.3 Å². The number of benzene rings is 2. The van der Waals surface area contributed by atoms with Crippen LogP contribution >= 0.6 is 0 Å². The molecule has 2 aromatic carbocycles. The van der Waals surface area contributed by atoms with Gasteiger partial charge in [0.15, 0.2) is 0 Å². The van der Waals surface area contributed by atoms with Crippen molar-refractivity contribution in [3.8, 4) is 0 Å². The number of rotatable bonds is 5. The van der Waals surface area contributed by atoms with Gasteiger partial charge in [0.25, 0.3) is 5.91 Å². The molecule has 0 atom stereocenters. The summed E-state index contributed by atoms with van der Waals surface area (Å²) >= 11 is 0. The van der Waals surface area contributed by atoms with E-state index in [0.29, 0.717) is 24.2 Å². The van der Waals surface area contributed by atoms with Gasteiger partial charge in [0.1, 0.15) is 0 Å². The highest BCUT2D eigenvalue weighted by molar-refractivity contribution is 6.00. The Kier molecular flexibility index (Phi) is 6.09. The number of amides is 3. The van der Waals surface area contributed by atoms with Gasteiger partial charge in [-0.2, -0.15) is 0 Å². The summed E-state index contributed by atoms with van der Waals surface area (Å²) in [6, 6.07) is 14.5. The first-order valence-corrected chi connectivity index (χ1v) is 9.46. The summed E-state index contributed by atoms with van der Waals surface area (Å²) in [5.41, 5.74) is 3.10. The number of piperidine rings is 1. The van der Waals surface area contributed by atoms with E-state index in [1.807, 2.05) is 31.2 Å². The highest BCUT2D eigenvalue weighted by atomic mass is 16.2.